The third kappa shape index (κ3) is 13.9. The predicted molar refractivity (Wildman–Crippen MR) is 207 cm³/mol. The Hall–Kier alpha value is -2.91. The average molecular weight is 706 g/mol. The number of nitrogens with two attached hydrogens (primary N) is 1. The van der Waals surface area contributed by atoms with Gasteiger partial charge in [0.05, 0.1) is 29.5 Å². The normalized spacial score (nSPS) is 28.2. The maximum Gasteiger partial charge on any atom is 0.309 e. The first-order valence-corrected chi connectivity index (χ1v) is 19.9. The summed E-state index contributed by atoms with van der Waals surface area (Å²) in [7, 11) is 0. The highest BCUT2D eigenvalue weighted by Crippen LogP contribution is 2.45. The number of carbonyl (C=O) groups is 1. The van der Waals surface area contributed by atoms with Gasteiger partial charge in [0.15, 0.2) is 0 Å². The van der Waals surface area contributed by atoms with Crippen LogP contribution in [0.25, 0.3) is 6.08 Å². The van der Waals surface area contributed by atoms with Crippen LogP contribution in [0.4, 0.5) is 0 Å². The molecule has 8 N–H and O–H groups in total. The number of allylic oxidation sites excluding steroid dienone is 3. The number of carboxylic acid groups (broad SMARTS) is 1. The van der Waals surface area contributed by atoms with E-state index in [1.54, 1.807) is 0 Å². The summed E-state index contributed by atoms with van der Waals surface area (Å²) < 4.78 is 0. The second-order valence-corrected chi connectivity index (χ2v) is 15.9. The molecular weight excluding hydrogens is 638 g/mol. The van der Waals surface area contributed by atoms with Crippen molar-refractivity contribution in [2.75, 3.05) is 13.1 Å². The molecule has 284 valence electrons. The highest BCUT2D eigenvalue weighted by Gasteiger charge is 2.44. The van der Waals surface area contributed by atoms with Gasteiger partial charge in [-0.25, -0.2) is 0 Å². The second kappa shape index (κ2) is 21.0. The van der Waals surface area contributed by atoms with Crippen LogP contribution in [-0.2, 0) is 4.79 Å². The van der Waals surface area contributed by atoms with Crippen LogP contribution in [0.2, 0.25) is 0 Å². The monoisotopic (exact) mass is 706 g/mol. The Morgan fingerprint density at radius 2 is 1.82 bits per heavy atom. The molecule has 3 aliphatic rings. The van der Waals surface area contributed by atoms with Gasteiger partial charge in [-0.15, -0.1) is 0 Å². The zero-order valence-electron chi connectivity index (χ0n) is 31.3. The van der Waals surface area contributed by atoms with Crippen LogP contribution < -0.4 is 16.4 Å². The van der Waals surface area contributed by atoms with Gasteiger partial charge in [0, 0.05) is 18.5 Å². The first-order chi connectivity index (χ1) is 24.5. The van der Waals surface area contributed by atoms with Gasteiger partial charge in [0.1, 0.15) is 0 Å². The van der Waals surface area contributed by atoms with Gasteiger partial charge in [-0.3, -0.25) is 4.79 Å². The third-order valence-corrected chi connectivity index (χ3v) is 11.6. The molecule has 1 aromatic rings. The Bertz CT molecular complexity index is 1310. The molecule has 1 saturated carbocycles. The maximum atomic E-state index is 12.2. The molecule has 1 heterocycles. The van der Waals surface area contributed by atoms with E-state index in [4.69, 9.17) is 5.73 Å². The van der Waals surface area contributed by atoms with Crippen LogP contribution in [0.3, 0.4) is 0 Å². The minimum Gasteiger partial charge on any atom is -0.481 e. The van der Waals surface area contributed by atoms with Gasteiger partial charge in [0.25, 0.3) is 0 Å². The Labute approximate surface area is 307 Å². The number of dihydropyridines is 1. The lowest BCUT2D eigenvalue weighted by atomic mass is 9.81. The molecule has 8 heteroatoms. The lowest BCUT2D eigenvalue weighted by molar-refractivity contribution is -0.146. The van der Waals surface area contributed by atoms with Crippen molar-refractivity contribution < 1.29 is 25.2 Å². The molecule has 1 fully saturated rings. The standard InChI is InChI=1S/C43H67N3O5/c1-3-4-7-14-33-19-20-35(40(48)26-33)15-10-6-11-16-38(42(49)50)39(47)21-23-43(51)28-36(25-34-22-24-45-41(44)27-34)37(29-43)30-46-31(2)17-18-32-12-8-5-9-13-32/h5,8-9,12-13,17-20,22,27,31,33,35-40,45-48,51H,3-4,6-7,10-11,14-16,21,23-26,28-30,44H2,1-2H3,(H,49,50). The van der Waals surface area contributed by atoms with Crippen molar-refractivity contribution in [2.24, 2.45) is 35.3 Å². The van der Waals surface area contributed by atoms with Gasteiger partial charge in [0.2, 0.25) is 0 Å². The van der Waals surface area contributed by atoms with E-state index in [1.807, 2.05) is 24.3 Å². The molecule has 9 atom stereocenters. The van der Waals surface area contributed by atoms with E-state index < -0.39 is 23.6 Å². The molecule has 8 nitrogen and oxygen atoms in total. The van der Waals surface area contributed by atoms with Gasteiger partial charge in [-0.05, 0) is 106 Å². The topological polar surface area (TPSA) is 148 Å². The molecule has 0 saturated heterocycles. The lowest BCUT2D eigenvalue weighted by Gasteiger charge is -2.28. The minimum atomic E-state index is -1.01. The van der Waals surface area contributed by atoms with Gasteiger partial charge in [-0.2, -0.15) is 0 Å². The van der Waals surface area contributed by atoms with Gasteiger partial charge >= 0.3 is 5.97 Å². The Morgan fingerprint density at radius 3 is 2.55 bits per heavy atom. The van der Waals surface area contributed by atoms with E-state index >= 15 is 0 Å². The summed E-state index contributed by atoms with van der Waals surface area (Å²) in [5.41, 5.74) is 7.43. The molecule has 9 unspecified atom stereocenters. The number of aliphatic hydroxyl groups excluding tert-OH is 2. The van der Waals surface area contributed by atoms with E-state index in [-0.39, 0.29) is 36.3 Å². The van der Waals surface area contributed by atoms with Crippen molar-refractivity contribution in [2.45, 2.75) is 134 Å². The number of unbranched alkanes of at least 4 members (excludes halogenated alkanes) is 4. The van der Waals surface area contributed by atoms with Crippen molar-refractivity contribution >= 4 is 12.0 Å². The van der Waals surface area contributed by atoms with Crippen LogP contribution in [0.15, 0.2) is 72.1 Å². The first kappa shape index (κ1) is 40.9. The molecule has 0 bridgehead atoms. The number of rotatable bonds is 22. The fourth-order valence-electron chi connectivity index (χ4n) is 8.52. The number of aliphatic hydroxyl groups is 3. The summed E-state index contributed by atoms with van der Waals surface area (Å²) >= 11 is 0. The Balaban J connectivity index is 1.25. The fourth-order valence-corrected chi connectivity index (χ4v) is 8.52. The number of benzene rings is 1. The van der Waals surface area contributed by atoms with Gasteiger partial charge < -0.3 is 36.8 Å². The van der Waals surface area contributed by atoms with Crippen molar-refractivity contribution in [3.63, 3.8) is 0 Å². The second-order valence-electron chi connectivity index (χ2n) is 15.9. The van der Waals surface area contributed by atoms with E-state index in [0.29, 0.717) is 44.0 Å². The van der Waals surface area contributed by atoms with E-state index in [0.717, 1.165) is 57.1 Å². The molecule has 0 aromatic heterocycles. The van der Waals surface area contributed by atoms with E-state index in [1.165, 1.54) is 24.8 Å². The first-order valence-electron chi connectivity index (χ1n) is 19.9. The van der Waals surface area contributed by atoms with Gasteiger partial charge in [-0.1, -0.05) is 106 Å². The number of hydrogen-bond donors (Lipinski definition) is 7. The molecule has 51 heavy (non-hydrogen) atoms. The quantitative estimate of drug-likeness (QED) is 0.0500. The smallest absolute Gasteiger partial charge is 0.309 e. The van der Waals surface area contributed by atoms with E-state index in [9.17, 15) is 25.2 Å². The third-order valence-electron chi connectivity index (χ3n) is 11.6. The molecule has 0 spiro atoms. The van der Waals surface area contributed by atoms with Crippen LogP contribution in [0.5, 0.6) is 0 Å². The average Bonchev–Trinajstić information content (AvgIpc) is 3.42. The number of aliphatic carboxylic acids is 1. The summed E-state index contributed by atoms with van der Waals surface area (Å²) in [4.78, 5) is 12.2. The predicted octanol–water partition coefficient (Wildman–Crippen LogP) is 7.08. The molecular formula is C43H67N3O5. The zero-order valence-corrected chi connectivity index (χ0v) is 31.3. The largest absolute Gasteiger partial charge is 0.481 e. The summed E-state index contributed by atoms with van der Waals surface area (Å²) in [6, 6.07) is 10.4. The van der Waals surface area contributed by atoms with E-state index in [2.05, 4.69) is 67.0 Å². The van der Waals surface area contributed by atoms with Crippen molar-refractivity contribution in [3.8, 4) is 0 Å². The molecule has 1 aliphatic heterocycles. The molecule has 0 radical (unpaired) electrons. The number of carboxylic acids is 1. The number of nitrogens with one attached hydrogen (secondary N) is 2. The Morgan fingerprint density at radius 1 is 1.06 bits per heavy atom. The van der Waals surface area contributed by atoms with Crippen molar-refractivity contribution in [3.05, 3.63) is 77.7 Å². The summed E-state index contributed by atoms with van der Waals surface area (Å²) in [5.74, 6) is -0.0405. The highest BCUT2D eigenvalue weighted by molar-refractivity contribution is 5.70. The highest BCUT2D eigenvalue weighted by atomic mass is 16.4. The van der Waals surface area contributed by atoms with Crippen LogP contribution >= 0.6 is 0 Å². The lowest BCUT2D eigenvalue weighted by Crippen LogP contribution is -2.33. The summed E-state index contributed by atoms with van der Waals surface area (Å²) in [6.45, 7) is 5.80. The molecule has 4 rings (SSSR count). The maximum absolute atomic E-state index is 12.2. The summed E-state index contributed by atoms with van der Waals surface area (Å²) in [5, 5.41) is 50.5. The minimum absolute atomic E-state index is 0.156. The Kier molecular flexibility index (Phi) is 16.8. The molecule has 2 aliphatic carbocycles. The van der Waals surface area contributed by atoms with Crippen LogP contribution in [0.1, 0.15) is 116 Å². The van der Waals surface area contributed by atoms with Crippen LogP contribution in [-0.4, -0.2) is 63.3 Å². The fraction of sp³-hybridized carbons (Fsp3) is 0.651. The van der Waals surface area contributed by atoms with Crippen molar-refractivity contribution in [1.82, 2.24) is 10.6 Å². The van der Waals surface area contributed by atoms with Crippen LogP contribution in [0, 0.1) is 29.6 Å². The molecule has 0 amide bonds. The SMILES string of the molecule is CCCCCC1C=CC(CCCCCC(C(=O)O)C(O)CCC2(O)CC(CNC(C)C=Cc3ccccc3)C(CC3=CCNC(N)=C3)C2)C(O)C1. The van der Waals surface area contributed by atoms with Crippen molar-refractivity contribution in [1.29, 1.82) is 0 Å². The summed E-state index contributed by atoms with van der Waals surface area (Å²) in [6.07, 6.45) is 23.8. The molecule has 1 aromatic carbocycles. The number of hydrogen-bond acceptors (Lipinski definition) is 7. The zero-order chi connectivity index (χ0) is 36.6.